The van der Waals surface area contributed by atoms with Crippen LogP contribution in [-0.2, 0) is 16.1 Å². The van der Waals surface area contributed by atoms with Crippen LogP contribution in [0.2, 0.25) is 15.1 Å². The van der Waals surface area contributed by atoms with Crippen molar-refractivity contribution in [3.63, 3.8) is 0 Å². The van der Waals surface area contributed by atoms with E-state index in [4.69, 9.17) is 49.0 Å². The molecule has 11 heteroatoms. The zero-order chi connectivity index (χ0) is 30.7. The molecule has 1 aromatic heterocycles. The summed E-state index contributed by atoms with van der Waals surface area (Å²) in [5.74, 6) is 0.317. The predicted molar refractivity (Wildman–Crippen MR) is 170 cm³/mol. The van der Waals surface area contributed by atoms with E-state index in [-0.39, 0.29) is 18.8 Å². The lowest BCUT2D eigenvalue weighted by molar-refractivity contribution is -0.139. The Balaban J connectivity index is 1.58. The molecule has 0 fully saturated rings. The van der Waals surface area contributed by atoms with Crippen molar-refractivity contribution in [3.05, 3.63) is 123 Å². The number of allylic oxidation sites excluding steroid dienone is 1. The molecule has 43 heavy (non-hydrogen) atoms. The zero-order valence-corrected chi connectivity index (χ0v) is 26.6. The number of ether oxygens (including phenoxy) is 3. The average Bonchev–Trinajstić information content (AvgIpc) is 3.27. The minimum atomic E-state index is -0.735. The highest BCUT2D eigenvalue weighted by Crippen LogP contribution is 2.38. The Morgan fingerprint density at radius 2 is 1.65 bits per heavy atom. The molecular weight excluding hydrogens is 631 g/mol. The Morgan fingerprint density at radius 1 is 0.977 bits per heavy atom. The maximum absolute atomic E-state index is 13.9. The fraction of sp³-hybridized carbons (Fsp3) is 0.219. The SMILES string of the molecule is CCOC(=O)C1=C(C)N=c2s/c(=C\c3cc(Cl)c(OCc4ccc(Cl)cc4)c(OCC)c3)c(=O)n2[C@@H]1c1ccc(Cl)cc1. The number of esters is 1. The molecule has 0 aliphatic carbocycles. The second-order valence-electron chi connectivity index (χ2n) is 9.53. The van der Waals surface area contributed by atoms with Crippen LogP contribution >= 0.6 is 46.1 Å². The minimum absolute atomic E-state index is 0.190. The lowest BCUT2D eigenvalue weighted by Gasteiger charge is -2.24. The molecule has 1 aliphatic rings. The Hall–Kier alpha value is -3.56. The molecule has 2 heterocycles. The van der Waals surface area contributed by atoms with Crippen LogP contribution in [0.4, 0.5) is 0 Å². The van der Waals surface area contributed by atoms with E-state index < -0.39 is 12.0 Å². The van der Waals surface area contributed by atoms with Crippen molar-refractivity contribution in [2.24, 2.45) is 4.99 Å². The van der Waals surface area contributed by atoms with Gasteiger partial charge in [0, 0.05) is 10.0 Å². The van der Waals surface area contributed by atoms with Gasteiger partial charge in [0.15, 0.2) is 16.3 Å². The monoisotopic (exact) mass is 656 g/mol. The molecule has 0 amide bonds. The highest BCUT2D eigenvalue weighted by atomic mass is 35.5. The van der Waals surface area contributed by atoms with Gasteiger partial charge in [0.25, 0.3) is 5.56 Å². The molecule has 0 N–H and O–H groups in total. The fourth-order valence-electron chi connectivity index (χ4n) is 4.71. The summed E-state index contributed by atoms with van der Waals surface area (Å²) in [5.41, 5.74) is 2.73. The van der Waals surface area contributed by atoms with Crippen molar-refractivity contribution in [3.8, 4) is 11.5 Å². The number of hydrogen-bond donors (Lipinski definition) is 0. The molecule has 5 rings (SSSR count). The number of fused-ring (bicyclic) bond motifs is 1. The van der Waals surface area contributed by atoms with Crippen LogP contribution in [0, 0.1) is 0 Å². The molecule has 0 saturated carbocycles. The van der Waals surface area contributed by atoms with Crippen LogP contribution in [0.25, 0.3) is 6.08 Å². The van der Waals surface area contributed by atoms with Gasteiger partial charge in [0.2, 0.25) is 0 Å². The molecule has 0 bridgehead atoms. The van der Waals surface area contributed by atoms with Crippen LogP contribution < -0.4 is 24.4 Å². The highest BCUT2D eigenvalue weighted by Gasteiger charge is 2.33. The molecule has 0 unspecified atom stereocenters. The van der Waals surface area contributed by atoms with Gasteiger partial charge >= 0.3 is 5.97 Å². The Bertz CT molecular complexity index is 1880. The first-order valence-corrected chi connectivity index (χ1v) is 15.4. The van der Waals surface area contributed by atoms with Gasteiger partial charge in [-0.05, 0) is 79.9 Å². The van der Waals surface area contributed by atoms with Gasteiger partial charge < -0.3 is 14.2 Å². The number of benzene rings is 3. The van der Waals surface area contributed by atoms with Gasteiger partial charge in [0.1, 0.15) is 6.61 Å². The maximum Gasteiger partial charge on any atom is 0.338 e. The predicted octanol–water partition coefficient (Wildman–Crippen LogP) is 6.74. The first kappa shape index (κ1) is 30.9. The number of rotatable bonds is 9. The number of nitrogens with zero attached hydrogens (tertiary/aromatic N) is 2. The van der Waals surface area contributed by atoms with Crippen molar-refractivity contribution in [1.29, 1.82) is 0 Å². The van der Waals surface area contributed by atoms with Crippen LogP contribution in [0.5, 0.6) is 11.5 Å². The Kier molecular flexibility index (Phi) is 9.62. The molecule has 0 spiro atoms. The quantitative estimate of drug-likeness (QED) is 0.187. The summed E-state index contributed by atoms with van der Waals surface area (Å²) in [6, 6.07) is 17.1. The molecule has 4 aromatic rings. The third-order valence-electron chi connectivity index (χ3n) is 6.63. The number of carbonyl (C=O) groups excluding carboxylic acids is 1. The van der Waals surface area contributed by atoms with E-state index >= 15 is 0 Å². The van der Waals surface area contributed by atoms with E-state index in [1.807, 2.05) is 19.1 Å². The fourth-order valence-corrected chi connectivity index (χ4v) is 6.29. The van der Waals surface area contributed by atoms with Gasteiger partial charge in [-0.3, -0.25) is 9.36 Å². The van der Waals surface area contributed by atoms with E-state index in [1.165, 1.54) is 15.9 Å². The van der Waals surface area contributed by atoms with Gasteiger partial charge in [0.05, 0.1) is 40.1 Å². The van der Waals surface area contributed by atoms with Crippen LogP contribution in [0.1, 0.15) is 43.5 Å². The van der Waals surface area contributed by atoms with Crippen LogP contribution in [0.3, 0.4) is 0 Å². The van der Waals surface area contributed by atoms with Crippen molar-refractivity contribution in [1.82, 2.24) is 4.57 Å². The number of hydrogen-bond acceptors (Lipinski definition) is 7. The van der Waals surface area contributed by atoms with E-state index in [1.54, 1.807) is 68.5 Å². The zero-order valence-electron chi connectivity index (χ0n) is 23.5. The molecule has 222 valence electrons. The second kappa shape index (κ2) is 13.4. The summed E-state index contributed by atoms with van der Waals surface area (Å²) in [5, 5.41) is 1.51. The van der Waals surface area contributed by atoms with E-state index in [0.29, 0.717) is 64.9 Å². The Labute approximate surface area is 267 Å². The van der Waals surface area contributed by atoms with E-state index in [9.17, 15) is 9.59 Å². The summed E-state index contributed by atoms with van der Waals surface area (Å²) in [4.78, 5) is 32.1. The average molecular weight is 658 g/mol. The summed E-state index contributed by atoms with van der Waals surface area (Å²) in [6.45, 7) is 6.18. The molecule has 3 aromatic carbocycles. The Morgan fingerprint density at radius 3 is 2.30 bits per heavy atom. The van der Waals surface area contributed by atoms with Gasteiger partial charge in [-0.2, -0.15) is 0 Å². The highest BCUT2D eigenvalue weighted by molar-refractivity contribution is 7.07. The summed E-state index contributed by atoms with van der Waals surface area (Å²) in [7, 11) is 0. The maximum atomic E-state index is 13.9. The smallest absolute Gasteiger partial charge is 0.338 e. The van der Waals surface area contributed by atoms with E-state index in [2.05, 4.69) is 4.99 Å². The normalized spacial score (nSPS) is 14.7. The molecule has 0 radical (unpaired) electrons. The van der Waals surface area contributed by atoms with Crippen molar-refractivity contribution in [2.75, 3.05) is 13.2 Å². The lowest BCUT2D eigenvalue weighted by atomic mass is 9.96. The minimum Gasteiger partial charge on any atom is -0.490 e. The number of halogens is 3. The van der Waals surface area contributed by atoms with E-state index in [0.717, 1.165) is 5.56 Å². The van der Waals surface area contributed by atoms with Crippen molar-refractivity contribution >= 4 is 58.2 Å². The van der Waals surface area contributed by atoms with Crippen LogP contribution in [-0.4, -0.2) is 23.8 Å². The van der Waals surface area contributed by atoms with Gasteiger partial charge in [-0.25, -0.2) is 9.79 Å². The third kappa shape index (κ3) is 6.68. The second-order valence-corrected chi connectivity index (χ2v) is 11.8. The molecular formula is C32H27Cl3N2O5S. The number of aromatic nitrogens is 1. The standard InChI is InChI=1S/C32H27Cl3N2O5S/c1-4-40-25-15-20(14-24(35)29(25)42-17-19-6-10-22(33)11-7-19)16-26-30(38)37-28(21-8-12-23(34)13-9-21)27(31(39)41-5-2)18(3)36-32(37)43-26/h6-16,28H,4-5,17H2,1-3H3/b26-16-/t28-/m1/s1. The first-order valence-electron chi connectivity index (χ1n) is 13.5. The molecule has 1 atom stereocenters. The third-order valence-corrected chi connectivity index (χ3v) is 8.40. The van der Waals surface area contributed by atoms with Gasteiger partial charge in [-0.1, -0.05) is 70.4 Å². The topological polar surface area (TPSA) is 79.1 Å². The molecule has 0 saturated heterocycles. The first-order chi connectivity index (χ1) is 20.7. The summed E-state index contributed by atoms with van der Waals surface area (Å²) < 4.78 is 19.2. The summed E-state index contributed by atoms with van der Waals surface area (Å²) >= 11 is 20.0. The van der Waals surface area contributed by atoms with Crippen LogP contribution in [0.15, 0.2) is 81.7 Å². The van der Waals surface area contributed by atoms with Crippen molar-refractivity contribution < 1.29 is 19.0 Å². The van der Waals surface area contributed by atoms with Crippen molar-refractivity contribution in [2.45, 2.75) is 33.4 Å². The number of thiazole rings is 1. The number of carbonyl (C=O) groups is 1. The molecule has 7 nitrogen and oxygen atoms in total. The summed E-state index contributed by atoms with van der Waals surface area (Å²) in [6.07, 6.45) is 1.73. The largest absolute Gasteiger partial charge is 0.490 e. The molecule has 1 aliphatic heterocycles. The lowest BCUT2D eigenvalue weighted by Crippen LogP contribution is -2.39. The van der Waals surface area contributed by atoms with Gasteiger partial charge in [-0.15, -0.1) is 0 Å².